The SMILES string of the molecule is O=C1CCC(N2Cc3cc(-c4n[nH]c5ccccc45)ccc3C2=O)C(=O)N1. The molecule has 3 aromatic rings. The van der Waals surface area contributed by atoms with Crippen LogP contribution >= 0.6 is 0 Å². The zero-order valence-corrected chi connectivity index (χ0v) is 14.4. The minimum absolute atomic E-state index is 0.169. The van der Waals surface area contributed by atoms with E-state index >= 15 is 0 Å². The van der Waals surface area contributed by atoms with Crippen molar-refractivity contribution in [1.82, 2.24) is 20.4 Å². The molecule has 2 aliphatic rings. The highest BCUT2D eigenvalue weighted by Gasteiger charge is 2.39. The Morgan fingerprint density at radius 3 is 2.78 bits per heavy atom. The van der Waals surface area contributed by atoms with Crippen molar-refractivity contribution >= 4 is 28.6 Å². The van der Waals surface area contributed by atoms with Gasteiger partial charge in [-0.25, -0.2) is 0 Å². The first kappa shape index (κ1) is 15.7. The first-order valence-corrected chi connectivity index (χ1v) is 8.83. The largest absolute Gasteiger partial charge is 0.322 e. The number of piperidine rings is 1. The Morgan fingerprint density at radius 1 is 1.07 bits per heavy atom. The molecule has 3 heterocycles. The first-order valence-electron chi connectivity index (χ1n) is 8.83. The van der Waals surface area contributed by atoms with E-state index in [1.54, 1.807) is 11.0 Å². The van der Waals surface area contributed by atoms with E-state index in [4.69, 9.17) is 0 Å². The summed E-state index contributed by atoms with van der Waals surface area (Å²) in [7, 11) is 0. The van der Waals surface area contributed by atoms with Crippen molar-refractivity contribution in [3.05, 3.63) is 53.6 Å². The maximum Gasteiger partial charge on any atom is 0.255 e. The maximum absolute atomic E-state index is 12.8. The highest BCUT2D eigenvalue weighted by molar-refractivity contribution is 6.05. The lowest BCUT2D eigenvalue weighted by Crippen LogP contribution is -2.52. The fraction of sp³-hybridized carbons (Fsp3) is 0.200. The lowest BCUT2D eigenvalue weighted by Gasteiger charge is -2.29. The van der Waals surface area contributed by atoms with Crippen molar-refractivity contribution in [2.45, 2.75) is 25.4 Å². The van der Waals surface area contributed by atoms with E-state index in [1.165, 1.54) is 0 Å². The molecule has 1 fully saturated rings. The number of nitrogens with one attached hydrogen (secondary N) is 2. The first-order chi connectivity index (χ1) is 13.1. The zero-order valence-electron chi connectivity index (χ0n) is 14.4. The number of benzene rings is 2. The van der Waals surface area contributed by atoms with Gasteiger partial charge in [0.15, 0.2) is 0 Å². The molecule has 3 amide bonds. The van der Waals surface area contributed by atoms with Crippen molar-refractivity contribution in [1.29, 1.82) is 0 Å². The van der Waals surface area contributed by atoms with Crippen LogP contribution in [0.3, 0.4) is 0 Å². The van der Waals surface area contributed by atoms with Crippen LogP contribution in [0.5, 0.6) is 0 Å². The fourth-order valence-electron chi connectivity index (χ4n) is 3.91. The summed E-state index contributed by atoms with van der Waals surface area (Å²) in [6, 6.07) is 12.9. The maximum atomic E-state index is 12.8. The van der Waals surface area contributed by atoms with E-state index in [0.717, 1.165) is 27.7 Å². The van der Waals surface area contributed by atoms with Crippen LogP contribution in [0.25, 0.3) is 22.2 Å². The number of amides is 3. The van der Waals surface area contributed by atoms with E-state index in [0.29, 0.717) is 18.5 Å². The van der Waals surface area contributed by atoms with Gasteiger partial charge in [0.05, 0.1) is 11.2 Å². The molecule has 0 bridgehead atoms. The molecule has 0 radical (unpaired) electrons. The van der Waals surface area contributed by atoms with Crippen LogP contribution in [0.1, 0.15) is 28.8 Å². The number of aromatic nitrogens is 2. The molecule has 0 saturated carbocycles. The second-order valence-electron chi connectivity index (χ2n) is 6.89. The molecule has 2 aromatic carbocycles. The molecule has 1 atom stereocenters. The topological polar surface area (TPSA) is 95.2 Å². The van der Waals surface area contributed by atoms with Gasteiger partial charge >= 0.3 is 0 Å². The van der Waals surface area contributed by atoms with Gasteiger partial charge in [-0.3, -0.25) is 24.8 Å². The predicted octanol–water partition coefficient (Wildman–Crippen LogP) is 1.99. The van der Waals surface area contributed by atoms with Gasteiger partial charge in [0, 0.05) is 29.5 Å². The van der Waals surface area contributed by atoms with Gasteiger partial charge in [0.1, 0.15) is 6.04 Å². The second-order valence-corrected chi connectivity index (χ2v) is 6.89. The number of nitrogens with zero attached hydrogens (tertiary/aromatic N) is 2. The Bertz CT molecular complexity index is 1120. The van der Waals surface area contributed by atoms with Crippen molar-refractivity contribution in [3.63, 3.8) is 0 Å². The number of hydrogen-bond donors (Lipinski definition) is 2. The van der Waals surface area contributed by atoms with Gasteiger partial charge in [0.2, 0.25) is 11.8 Å². The van der Waals surface area contributed by atoms with Crippen LogP contribution in [0.2, 0.25) is 0 Å². The summed E-state index contributed by atoms with van der Waals surface area (Å²) in [6.07, 6.45) is 0.613. The molecular formula is C20H16N4O3. The summed E-state index contributed by atoms with van der Waals surface area (Å²) in [5, 5.41) is 10.8. The lowest BCUT2D eigenvalue weighted by molar-refractivity contribution is -0.136. The predicted molar refractivity (Wildman–Crippen MR) is 97.6 cm³/mol. The molecule has 7 heteroatoms. The summed E-state index contributed by atoms with van der Waals surface area (Å²) in [4.78, 5) is 37.8. The van der Waals surface area contributed by atoms with Crippen LogP contribution in [-0.4, -0.2) is 38.9 Å². The van der Waals surface area contributed by atoms with E-state index in [1.807, 2.05) is 36.4 Å². The van der Waals surface area contributed by atoms with Crippen LogP contribution in [0.15, 0.2) is 42.5 Å². The molecule has 5 rings (SSSR count). The number of carbonyl (C=O) groups excluding carboxylic acids is 3. The van der Waals surface area contributed by atoms with Gasteiger partial charge in [-0.05, 0) is 30.2 Å². The van der Waals surface area contributed by atoms with E-state index < -0.39 is 11.9 Å². The van der Waals surface area contributed by atoms with Crippen LogP contribution < -0.4 is 5.32 Å². The Kier molecular flexibility index (Phi) is 3.36. The third kappa shape index (κ3) is 2.43. The van der Waals surface area contributed by atoms with E-state index in [2.05, 4.69) is 15.5 Å². The van der Waals surface area contributed by atoms with E-state index in [-0.39, 0.29) is 18.2 Å². The normalized spacial score (nSPS) is 19.5. The zero-order chi connectivity index (χ0) is 18.5. The van der Waals surface area contributed by atoms with Gasteiger partial charge in [-0.2, -0.15) is 5.10 Å². The smallest absolute Gasteiger partial charge is 0.255 e. The highest BCUT2D eigenvalue weighted by atomic mass is 16.2. The second kappa shape index (κ2) is 5.77. The van der Waals surface area contributed by atoms with Crippen molar-refractivity contribution < 1.29 is 14.4 Å². The lowest BCUT2D eigenvalue weighted by atomic mass is 10.0. The summed E-state index contributed by atoms with van der Waals surface area (Å²) in [5.41, 5.74) is 4.18. The monoisotopic (exact) mass is 360 g/mol. The molecule has 1 unspecified atom stereocenters. The third-order valence-electron chi connectivity index (χ3n) is 5.27. The van der Waals surface area contributed by atoms with Gasteiger partial charge < -0.3 is 4.90 Å². The molecule has 2 aliphatic heterocycles. The Morgan fingerprint density at radius 2 is 1.93 bits per heavy atom. The number of hydrogen-bond acceptors (Lipinski definition) is 4. The van der Waals surface area contributed by atoms with Crippen LogP contribution in [0, 0.1) is 0 Å². The molecule has 27 heavy (non-hydrogen) atoms. The van der Waals surface area contributed by atoms with Gasteiger partial charge in [0.25, 0.3) is 5.91 Å². The van der Waals surface area contributed by atoms with Crippen molar-refractivity contribution in [2.24, 2.45) is 0 Å². The number of carbonyl (C=O) groups is 3. The summed E-state index contributed by atoms with van der Waals surface area (Å²) in [6.45, 7) is 0.358. The number of para-hydroxylation sites is 1. The molecule has 0 aliphatic carbocycles. The summed E-state index contributed by atoms with van der Waals surface area (Å²) >= 11 is 0. The highest BCUT2D eigenvalue weighted by Crippen LogP contribution is 2.32. The minimum atomic E-state index is -0.600. The molecule has 1 aromatic heterocycles. The average Bonchev–Trinajstić information content (AvgIpc) is 3.23. The van der Waals surface area contributed by atoms with Crippen LogP contribution in [0.4, 0.5) is 0 Å². The molecule has 0 spiro atoms. The van der Waals surface area contributed by atoms with E-state index in [9.17, 15) is 14.4 Å². The standard InChI is InChI=1S/C20H16N4O3/c25-17-8-7-16(19(26)21-17)24-10-12-9-11(5-6-13(12)20(24)27)18-14-3-1-2-4-15(14)22-23-18/h1-6,9,16H,7-8,10H2,(H,22,23)(H,21,25,26). The van der Waals surface area contributed by atoms with Gasteiger partial charge in [-0.15, -0.1) is 0 Å². The number of rotatable bonds is 2. The quantitative estimate of drug-likeness (QED) is 0.683. The number of H-pyrrole nitrogens is 1. The Hall–Kier alpha value is -3.48. The summed E-state index contributed by atoms with van der Waals surface area (Å²) in [5.74, 6) is -0.850. The van der Waals surface area contributed by atoms with Crippen molar-refractivity contribution in [2.75, 3.05) is 0 Å². The average molecular weight is 360 g/mol. The van der Waals surface area contributed by atoms with Crippen LogP contribution in [-0.2, 0) is 16.1 Å². The molecular weight excluding hydrogens is 344 g/mol. The number of fused-ring (bicyclic) bond motifs is 2. The molecule has 134 valence electrons. The Balaban J connectivity index is 1.49. The van der Waals surface area contributed by atoms with Crippen molar-refractivity contribution in [3.8, 4) is 11.3 Å². The number of aromatic amines is 1. The minimum Gasteiger partial charge on any atom is -0.322 e. The third-order valence-corrected chi connectivity index (χ3v) is 5.27. The molecule has 7 nitrogen and oxygen atoms in total. The molecule has 2 N–H and O–H groups in total. The summed E-state index contributed by atoms with van der Waals surface area (Å²) < 4.78 is 0. The Labute approximate surface area is 154 Å². The number of imide groups is 1. The van der Waals surface area contributed by atoms with Gasteiger partial charge in [-0.1, -0.05) is 24.3 Å². The fourth-order valence-corrected chi connectivity index (χ4v) is 3.91. The molecule has 1 saturated heterocycles.